The van der Waals surface area contributed by atoms with E-state index < -0.39 is 11.6 Å². The molecular weight excluding hydrogens is 292 g/mol. The summed E-state index contributed by atoms with van der Waals surface area (Å²) in [5.74, 6) is -1.40. The summed E-state index contributed by atoms with van der Waals surface area (Å²) in [4.78, 5) is 15.6. The molecule has 0 aliphatic carbocycles. The molecule has 112 valence electrons. The van der Waals surface area contributed by atoms with Gasteiger partial charge in [0.15, 0.2) is 0 Å². The summed E-state index contributed by atoms with van der Waals surface area (Å²) in [5, 5.41) is 0. The highest BCUT2D eigenvalue weighted by molar-refractivity contribution is 7.14. The van der Waals surface area contributed by atoms with E-state index >= 15 is 0 Å². The van der Waals surface area contributed by atoms with Gasteiger partial charge in [0, 0.05) is 30.1 Å². The van der Waals surface area contributed by atoms with Crippen LogP contribution in [-0.2, 0) is 13.0 Å². The molecular formula is C16H17F2NOS. The molecule has 0 atom stereocenters. The van der Waals surface area contributed by atoms with Gasteiger partial charge >= 0.3 is 0 Å². The van der Waals surface area contributed by atoms with Crippen LogP contribution in [0.1, 0.15) is 32.6 Å². The molecule has 0 fully saturated rings. The van der Waals surface area contributed by atoms with Crippen molar-refractivity contribution in [1.82, 2.24) is 4.90 Å². The van der Waals surface area contributed by atoms with Crippen molar-refractivity contribution in [2.75, 3.05) is 7.05 Å². The number of benzene rings is 1. The number of hydrogen-bond donors (Lipinski definition) is 0. The first-order valence-corrected chi connectivity index (χ1v) is 7.52. The normalized spacial score (nSPS) is 10.7. The highest BCUT2D eigenvalue weighted by Crippen LogP contribution is 2.24. The van der Waals surface area contributed by atoms with E-state index in [1.54, 1.807) is 7.05 Å². The van der Waals surface area contributed by atoms with Crippen LogP contribution in [0.2, 0.25) is 0 Å². The summed E-state index contributed by atoms with van der Waals surface area (Å²) in [6.45, 7) is 4.14. The SMILES string of the molecule is CCc1sc(C(=O)N(C)Cc2ccc(F)cc2F)cc1C. The fraction of sp³-hybridized carbons (Fsp3) is 0.312. The van der Waals surface area contributed by atoms with Gasteiger partial charge in [-0.2, -0.15) is 0 Å². The second-order valence-corrected chi connectivity index (χ2v) is 6.10. The Labute approximate surface area is 127 Å². The molecule has 1 heterocycles. The van der Waals surface area contributed by atoms with Crippen molar-refractivity contribution in [3.8, 4) is 0 Å². The fourth-order valence-corrected chi connectivity index (χ4v) is 3.25. The Hall–Kier alpha value is -1.75. The van der Waals surface area contributed by atoms with E-state index in [-0.39, 0.29) is 12.5 Å². The number of rotatable bonds is 4. The molecule has 0 saturated carbocycles. The number of aryl methyl sites for hydroxylation is 2. The Bertz CT molecular complexity index is 666. The number of hydrogen-bond acceptors (Lipinski definition) is 2. The zero-order chi connectivity index (χ0) is 15.6. The lowest BCUT2D eigenvalue weighted by Gasteiger charge is -2.16. The molecule has 0 radical (unpaired) electrons. The molecule has 2 rings (SSSR count). The van der Waals surface area contributed by atoms with Crippen LogP contribution in [-0.4, -0.2) is 17.9 Å². The van der Waals surface area contributed by atoms with Crippen LogP contribution in [0.4, 0.5) is 8.78 Å². The van der Waals surface area contributed by atoms with Gasteiger partial charge in [0.25, 0.3) is 5.91 Å². The van der Waals surface area contributed by atoms with Crippen LogP contribution in [0.25, 0.3) is 0 Å². The van der Waals surface area contributed by atoms with Crippen LogP contribution in [0.5, 0.6) is 0 Å². The number of thiophene rings is 1. The van der Waals surface area contributed by atoms with Gasteiger partial charge in [-0.1, -0.05) is 13.0 Å². The molecule has 1 aromatic carbocycles. The second-order valence-electron chi connectivity index (χ2n) is 4.97. The molecule has 0 N–H and O–H groups in total. The van der Waals surface area contributed by atoms with E-state index in [4.69, 9.17) is 0 Å². The van der Waals surface area contributed by atoms with Crippen LogP contribution in [0.3, 0.4) is 0 Å². The minimum atomic E-state index is -0.633. The molecule has 0 saturated heterocycles. The number of carbonyl (C=O) groups is 1. The maximum Gasteiger partial charge on any atom is 0.263 e. The minimum absolute atomic E-state index is 0.114. The summed E-state index contributed by atoms with van der Waals surface area (Å²) < 4.78 is 26.5. The van der Waals surface area contributed by atoms with E-state index in [1.165, 1.54) is 33.2 Å². The lowest BCUT2D eigenvalue weighted by molar-refractivity contribution is 0.0788. The van der Waals surface area contributed by atoms with E-state index in [0.29, 0.717) is 10.4 Å². The molecule has 0 aliphatic heterocycles. The predicted molar refractivity (Wildman–Crippen MR) is 80.6 cm³/mol. The van der Waals surface area contributed by atoms with Crippen LogP contribution in [0, 0.1) is 18.6 Å². The molecule has 2 nitrogen and oxygen atoms in total. The third kappa shape index (κ3) is 3.47. The average Bonchev–Trinajstić information content (AvgIpc) is 2.82. The van der Waals surface area contributed by atoms with Gasteiger partial charge in [0.1, 0.15) is 11.6 Å². The first-order chi connectivity index (χ1) is 9.92. The van der Waals surface area contributed by atoms with Crippen LogP contribution < -0.4 is 0 Å². The van der Waals surface area contributed by atoms with Crippen molar-refractivity contribution in [1.29, 1.82) is 0 Å². The van der Waals surface area contributed by atoms with Crippen LogP contribution in [0.15, 0.2) is 24.3 Å². The van der Waals surface area contributed by atoms with Crippen LogP contribution >= 0.6 is 11.3 Å². The lowest BCUT2D eigenvalue weighted by atomic mass is 10.2. The highest BCUT2D eigenvalue weighted by Gasteiger charge is 2.17. The maximum absolute atomic E-state index is 13.6. The predicted octanol–water partition coefficient (Wildman–Crippen LogP) is 4.17. The fourth-order valence-electron chi connectivity index (χ4n) is 2.14. The third-order valence-corrected chi connectivity index (χ3v) is 4.69. The van der Waals surface area contributed by atoms with Gasteiger partial charge < -0.3 is 4.90 Å². The monoisotopic (exact) mass is 309 g/mol. The summed E-state index contributed by atoms with van der Waals surface area (Å²) in [6.07, 6.45) is 0.889. The molecule has 1 amide bonds. The van der Waals surface area contributed by atoms with Gasteiger partial charge in [0.2, 0.25) is 0 Å². The average molecular weight is 309 g/mol. The summed E-state index contributed by atoms with van der Waals surface area (Å²) in [6, 6.07) is 5.26. The van der Waals surface area contributed by atoms with Gasteiger partial charge in [0.05, 0.1) is 4.88 Å². The van der Waals surface area contributed by atoms with Crippen molar-refractivity contribution in [2.24, 2.45) is 0 Å². The molecule has 0 aliphatic rings. The Morgan fingerprint density at radius 1 is 1.29 bits per heavy atom. The maximum atomic E-state index is 13.6. The largest absolute Gasteiger partial charge is 0.337 e. The lowest BCUT2D eigenvalue weighted by Crippen LogP contribution is -2.25. The van der Waals surface area contributed by atoms with Gasteiger partial charge in [-0.3, -0.25) is 4.79 Å². The summed E-state index contributed by atoms with van der Waals surface area (Å²) in [5.41, 5.74) is 1.41. The zero-order valence-corrected chi connectivity index (χ0v) is 13.1. The second kappa shape index (κ2) is 6.35. The Balaban J connectivity index is 2.15. The molecule has 2 aromatic rings. The standard InChI is InChI=1S/C16H17F2NOS/c1-4-14-10(2)7-15(21-14)16(20)19(3)9-11-5-6-12(17)8-13(11)18/h5-8H,4,9H2,1-3H3. The molecule has 21 heavy (non-hydrogen) atoms. The first-order valence-electron chi connectivity index (χ1n) is 6.71. The number of nitrogens with zero attached hydrogens (tertiary/aromatic N) is 1. The molecule has 1 aromatic heterocycles. The number of halogens is 2. The number of carbonyl (C=O) groups excluding carboxylic acids is 1. The Morgan fingerprint density at radius 3 is 2.57 bits per heavy atom. The van der Waals surface area contributed by atoms with Gasteiger partial charge in [-0.05, 0) is 31.0 Å². The van der Waals surface area contributed by atoms with Crippen molar-refractivity contribution in [3.63, 3.8) is 0 Å². The Morgan fingerprint density at radius 2 is 2.00 bits per heavy atom. The molecule has 0 bridgehead atoms. The molecule has 0 spiro atoms. The quantitative estimate of drug-likeness (QED) is 0.830. The van der Waals surface area contributed by atoms with Crippen molar-refractivity contribution in [3.05, 3.63) is 56.8 Å². The van der Waals surface area contributed by atoms with Gasteiger partial charge in [-0.15, -0.1) is 11.3 Å². The van der Waals surface area contributed by atoms with E-state index in [2.05, 4.69) is 0 Å². The van der Waals surface area contributed by atoms with Gasteiger partial charge in [-0.25, -0.2) is 8.78 Å². The summed E-state index contributed by atoms with van der Waals surface area (Å²) in [7, 11) is 1.62. The summed E-state index contributed by atoms with van der Waals surface area (Å²) >= 11 is 1.47. The molecule has 5 heteroatoms. The smallest absolute Gasteiger partial charge is 0.263 e. The topological polar surface area (TPSA) is 20.3 Å². The van der Waals surface area contributed by atoms with E-state index in [1.807, 2.05) is 19.9 Å². The molecule has 0 unspecified atom stereocenters. The highest BCUT2D eigenvalue weighted by atomic mass is 32.1. The van der Waals surface area contributed by atoms with Crippen molar-refractivity contribution < 1.29 is 13.6 Å². The Kier molecular flexibility index (Phi) is 4.73. The van der Waals surface area contributed by atoms with Crippen molar-refractivity contribution in [2.45, 2.75) is 26.8 Å². The first kappa shape index (κ1) is 15.6. The van der Waals surface area contributed by atoms with Crippen molar-refractivity contribution >= 4 is 17.2 Å². The zero-order valence-electron chi connectivity index (χ0n) is 12.2. The third-order valence-electron chi connectivity index (χ3n) is 3.32. The minimum Gasteiger partial charge on any atom is -0.337 e. The number of amides is 1. The van der Waals surface area contributed by atoms with E-state index in [0.717, 1.165) is 18.1 Å². The van der Waals surface area contributed by atoms with E-state index in [9.17, 15) is 13.6 Å².